The van der Waals surface area contributed by atoms with Crippen LogP contribution in [0.25, 0.3) is 0 Å². The topological polar surface area (TPSA) is 28.2 Å². The molecule has 0 amide bonds. The molecule has 0 radical (unpaired) electrons. The lowest BCUT2D eigenvalue weighted by atomic mass is 10.2. The fraction of sp³-hybridized carbons (Fsp3) is 0.769. The Kier molecular flexibility index (Phi) is 4.40. The zero-order chi connectivity index (χ0) is 12.3. The van der Waals surface area contributed by atoms with E-state index >= 15 is 0 Å². The highest BCUT2D eigenvalue weighted by Gasteiger charge is 2.27. The maximum absolute atomic E-state index is 4.50. The summed E-state index contributed by atoms with van der Waals surface area (Å²) in [5, 5.41) is 4.76. The zero-order valence-corrected chi connectivity index (χ0v) is 11.9. The normalized spacial score (nSPS) is 17.1. The molecule has 0 aromatic carbocycles. The molecule has 1 aliphatic carbocycles. The second kappa shape index (κ2) is 5.83. The number of aromatic nitrogens is 1. The first-order valence-corrected chi connectivity index (χ1v) is 7.49. The molecule has 1 aromatic heterocycles. The summed E-state index contributed by atoms with van der Waals surface area (Å²) in [6.45, 7) is 9.70. The third kappa shape index (κ3) is 3.42. The number of thiazole rings is 1. The van der Waals surface area contributed by atoms with Gasteiger partial charge in [-0.3, -0.25) is 0 Å². The first kappa shape index (κ1) is 12.8. The Balaban J connectivity index is 1.84. The van der Waals surface area contributed by atoms with Crippen LogP contribution in [0.4, 0.5) is 5.13 Å². The third-order valence-corrected chi connectivity index (χ3v) is 4.56. The molecule has 1 atom stereocenters. The van der Waals surface area contributed by atoms with E-state index in [-0.39, 0.29) is 0 Å². The van der Waals surface area contributed by atoms with Gasteiger partial charge in [0.25, 0.3) is 0 Å². The molecule has 4 heteroatoms. The second-order valence-corrected chi connectivity index (χ2v) is 5.88. The Bertz CT molecular complexity index is 342. The van der Waals surface area contributed by atoms with Gasteiger partial charge < -0.3 is 10.2 Å². The number of nitrogens with zero attached hydrogens (tertiary/aromatic N) is 2. The van der Waals surface area contributed by atoms with Gasteiger partial charge in [-0.15, -0.1) is 11.3 Å². The Morgan fingerprint density at radius 1 is 1.47 bits per heavy atom. The molecular formula is C13H23N3S. The molecule has 1 unspecified atom stereocenters. The standard InChI is InChI=1S/C13H23N3S/c1-4-16(5-2)13-15-9-12(17-13)8-14-10(3)11-6-7-11/h9-11,14H,4-8H2,1-3H3. The summed E-state index contributed by atoms with van der Waals surface area (Å²) in [5.41, 5.74) is 0. The van der Waals surface area contributed by atoms with Crippen molar-refractivity contribution in [3.05, 3.63) is 11.1 Å². The van der Waals surface area contributed by atoms with Crippen molar-refractivity contribution in [1.82, 2.24) is 10.3 Å². The molecule has 1 heterocycles. The molecule has 1 aromatic rings. The van der Waals surface area contributed by atoms with Crippen LogP contribution < -0.4 is 10.2 Å². The molecule has 2 rings (SSSR count). The van der Waals surface area contributed by atoms with E-state index in [1.54, 1.807) is 0 Å². The number of hydrogen-bond acceptors (Lipinski definition) is 4. The summed E-state index contributed by atoms with van der Waals surface area (Å²) in [6.07, 6.45) is 4.83. The largest absolute Gasteiger partial charge is 0.349 e. The highest BCUT2D eigenvalue weighted by Crippen LogP contribution is 2.32. The minimum Gasteiger partial charge on any atom is -0.349 e. The molecule has 0 bridgehead atoms. The molecule has 1 fully saturated rings. The van der Waals surface area contributed by atoms with Crippen LogP contribution in [-0.2, 0) is 6.54 Å². The minimum atomic E-state index is 0.661. The second-order valence-electron chi connectivity index (χ2n) is 4.79. The van der Waals surface area contributed by atoms with E-state index in [0.29, 0.717) is 6.04 Å². The van der Waals surface area contributed by atoms with Crippen molar-refractivity contribution in [1.29, 1.82) is 0 Å². The fourth-order valence-corrected chi connectivity index (χ4v) is 3.03. The van der Waals surface area contributed by atoms with Gasteiger partial charge in [0, 0.05) is 36.8 Å². The molecule has 96 valence electrons. The van der Waals surface area contributed by atoms with Crippen LogP contribution in [0, 0.1) is 5.92 Å². The van der Waals surface area contributed by atoms with Crippen molar-refractivity contribution in [3.8, 4) is 0 Å². The minimum absolute atomic E-state index is 0.661. The van der Waals surface area contributed by atoms with Gasteiger partial charge in [-0.1, -0.05) is 0 Å². The number of hydrogen-bond donors (Lipinski definition) is 1. The summed E-state index contributed by atoms with van der Waals surface area (Å²) in [6, 6.07) is 0.661. The summed E-state index contributed by atoms with van der Waals surface area (Å²) in [5.74, 6) is 0.921. The lowest BCUT2D eigenvalue weighted by Gasteiger charge is -2.16. The molecule has 1 aliphatic rings. The van der Waals surface area contributed by atoms with E-state index in [4.69, 9.17) is 0 Å². The van der Waals surface area contributed by atoms with Crippen LogP contribution in [0.1, 0.15) is 38.5 Å². The van der Waals surface area contributed by atoms with Gasteiger partial charge in [0.2, 0.25) is 0 Å². The Morgan fingerprint density at radius 3 is 2.76 bits per heavy atom. The van der Waals surface area contributed by atoms with Gasteiger partial charge in [-0.2, -0.15) is 0 Å². The predicted molar refractivity (Wildman–Crippen MR) is 74.7 cm³/mol. The first-order valence-electron chi connectivity index (χ1n) is 6.67. The first-order chi connectivity index (χ1) is 8.24. The summed E-state index contributed by atoms with van der Waals surface area (Å²) < 4.78 is 0. The molecule has 0 aliphatic heterocycles. The van der Waals surface area contributed by atoms with Crippen LogP contribution in [-0.4, -0.2) is 24.1 Å². The third-order valence-electron chi connectivity index (χ3n) is 3.50. The van der Waals surface area contributed by atoms with E-state index < -0.39 is 0 Å². The van der Waals surface area contributed by atoms with Crippen molar-refractivity contribution in [2.75, 3.05) is 18.0 Å². The van der Waals surface area contributed by atoms with E-state index in [9.17, 15) is 0 Å². The van der Waals surface area contributed by atoms with Gasteiger partial charge in [0.05, 0.1) is 0 Å². The molecule has 0 saturated heterocycles. The van der Waals surface area contributed by atoms with Crippen LogP contribution in [0.2, 0.25) is 0 Å². The van der Waals surface area contributed by atoms with Gasteiger partial charge in [-0.25, -0.2) is 4.98 Å². The van der Waals surface area contributed by atoms with Crippen molar-refractivity contribution in [2.45, 2.75) is 46.2 Å². The molecule has 1 N–H and O–H groups in total. The maximum Gasteiger partial charge on any atom is 0.185 e. The van der Waals surface area contributed by atoms with Crippen molar-refractivity contribution in [3.63, 3.8) is 0 Å². The SMILES string of the molecule is CCN(CC)c1ncc(CNC(C)C2CC2)s1. The van der Waals surface area contributed by atoms with E-state index in [1.165, 1.54) is 17.7 Å². The predicted octanol–water partition coefficient (Wildman–Crippen LogP) is 2.88. The molecule has 17 heavy (non-hydrogen) atoms. The smallest absolute Gasteiger partial charge is 0.185 e. The highest BCUT2D eigenvalue weighted by molar-refractivity contribution is 7.15. The highest BCUT2D eigenvalue weighted by atomic mass is 32.1. The van der Waals surface area contributed by atoms with Crippen LogP contribution in [0.15, 0.2) is 6.20 Å². The number of rotatable bonds is 7. The van der Waals surface area contributed by atoms with Crippen molar-refractivity contribution >= 4 is 16.5 Å². The van der Waals surface area contributed by atoms with Crippen molar-refractivity contribution in [2.24, 2.45) is 5.92 Å². The zero-order valence-electron chi connectivity index (χ0n) is 11.1. The van der Waals surface area contributed by atoms with E-state index in [1.807, 2.05) is 17.5 Å². The van der Waals surface area contributed by atoms with Gasteiger partial charge >= 0.3 is 0 Å². The average molecular weight is 253 g/mol. The summed E-state index contributed by atoms with van der Waals surface area (Å²) >= 11 is 1.82. The average Bonchev–Trinajstić information content (AvgIpc) is 3.09. The van der Waals surface area contributed by atoms with Crippen LogP contribution in [0.3, 0.4) is 0 Å². The lowest BCUT2D eigenvalue weighted by molar-refractivity contribution is 0.498. The molecular weight excluding hydrogens is 230 g/mol. The fourth-order valence-electron chi connectivity index (χ4n) is 2.04. The van der Waals surface area contributed by atoms with Gasteiger partial charge in [0.15, 0.2) is 5.13 Å². The van der Waals surface area contributed by atoms with Crippen molar-refractivity contribution < 1.29 is 0 Å². The summed E-state index contributed by atoms with van der Waals surface area (Å²) in [7, 11) is 0. The number of nitrogens with one attached hydrogen (secondary N) is 1. The Labute approximate surface area is 108 Å². The quantitative estimate of drug-likeness (QED) is 0.810. The van der Waals surface area contributed by atoms with E-state index in [0.717, 1.165) is 30.7 Å². The molecule has 0 spiro atoms. The monoisotopic (exact) mass is 253 g/mol. The summed E-state index contributed by atoms with van der Waals surface area (Å²) in [4.78, 5) is 8.15. The lowest BCUT2D eigenvalue weighted by Crippen LogP contribution is -2.26. The number of anilines is 1. The van der Waals surface area contributed by atoms with Crippen LogP contribution >= 0.6 is 11.3 Å². The van der Waals surface area contributed by atoms with Gasteiger partial charge in [-0.05, 0) is 39.5 Å². The Morgan fingerprint density at radius 2 is 2.18 bits per heavy atom. The maximum atomic E-state index is 4.50. The molecule has 1 saturated carbocycles. The molecule has 3 nitrogen and oxygen atoms in total. The Hall–Kier alpha value is -0.610. The van der Waals surface area contributed by atoms with Gasteiger partial charge in [0.1, 0.15) is 0 Å². The van der Waals surface area contributed by atoms with Crippen LogP contribution in [0.5, 0.6) is 0 Å². The van der Waals surface area contributed by atoms with E-state index in [2.05, 4.69) is 36.0 Å².